The fraction of sp³-hybridized carbons (Fsp3) is 0.667. The van der Waals surface area contributed by atoms with Crippen molar-refractivity contribution in [3.63, 3.8) is 0 Å². The first kappa shape index (κ1) is 12.0. The summed E-state index contributed by atoms with van der Waals surface area (Å²) in [6.45, 7) is 4.34. The number of hydrogen-bond donors (Lipinski definition) is 1. The Morgan fingerprint density at radius 2 is 1.89 bits per heavy atom. The maximum absolute atomic E-state index is 9.83. The van der Waals surface area contributed by atoms with E-state index in [1.54, 1.807) is 0 Å². The van der Waals surface area contributed by atoms with E-state index < -0.39 is 0 Å². The highest BCUT2D eigenvalue weighted by atomic mass is 16.3. The van der Waals surface area contributed by atoms with Crippen molar-refractivity contribution in [2.75, 3.05) is 4.90 Å². The Hall–Kier alpha value is -1.09. The third kappa shape index (κ3) is 2.01. The number of rotatable bonds is 2. The molecular weight excluding hydrogens is 224 g/mol. The molecule has 0 amide bonds. The van der Waals surface area contributed by atoms with E-state index in [4.69, 9.17) is 0 Å². The summed E-state index contributed by atoms with van der Waals surface area (Å²) in [7, 11) is 0. The van der Waals surface area contributed by atoms with Gasteiger partial charge in [-0.25, -0.2) is 0 Å². The van der Waals surface area contributed by atoms with Crippen molar-refractivity contribution >= 4 is 5.69 Å². The van der Waals surface area contributed by atoms with Crippen LogP contribution in [0, 0.1) is 0 Å². The molecular formula is C15H22N2O. The molecule has 98 valence electrons. The Kier molecular flexibility index (Phi) is 3.02. The number of aliphatic hydroxyl groups is 1. The van der Waals surface area contributed by atoms with Gasteiger partial charge in [0.05, 0.1) is 18.0 Å². The Morgan fingerprint density at radius 1 is 1.22 bits per heavy atom. The zero-order valence-corrected chi connectivity index (χ0v) is 11.2. The minimum Gasteiger partial charge on any atom is -0.393 e. The molecule has 0 aliphatic carbocycles. The Labute approximate surface area is 109 Å². The summed E-state index contributed by atoms with van der Waals surface area (Å²) in [5, 5.41) is 9.83. The largest absolute Gasteiger partial charge is 0.393 e. The summed E-state index contributed by atoms with van der Waals surface area (Å²) < 4.78 is 0. The van der Waals surface area contributed by atoms with Crippen LogP contribution in [0.1, 0.15) is 51.1 Å². The zero-order chi connectivity index (χ0) is 12.7. The molecule has 18 heavy (non-hydrogen) atoms. The summed E-state index contributed by atoms with van der Waals surface area (Å²) >= 11 is 0. The van der Waals surface area contributed by atoms with Crippen LogP contribution >= 0.6 is 0 Å². The molecule has 0 saturated carbocycles. The van der Waals surface area contributed by atoms with Crippen LogP contribution in [0.5, 0.6) is 0 Å². The van der Waals surface area contributed by atoms with E-state index in [2.05, 4.69) is 35.9 Å². The van der Waals surface area contributed by atoms with Crippen LogP contribution in [0.25, 0.3) is 0 Å². The first-order chi connectivity index (χ1) is 8.65. The molecule has 1 N–H and O–H groups in total. The van der Waals surface area contributed by atoms with E-state index in [9.17, 15) is 5.11 Å². The smallest absolute Gasteiger partial charge is 0.0579 e. The lowest BCUT2D eigenvalue weighted by Gasteiger charge is -2.38. The number of aliphatic hydroxyl groups excluding tert-OH is 1. The van der Waals surface area contributed by atoms with Crippen LogP contribution in [-0.4, -0.2) is 28.3 Å². The number of piperidine rings is 1. The molecule has 3 nitrogen and oxygen atoms in total. The molecule has 1 aromatic heterocycles. The van der Waals surface area contributed by atoms with E-state index in [1.807, 2.05) is 6.20 Å². The van der Waals surface area contributed by atoms with Crippen molar-refractivity contribution in [2.45, 2.75) is 63.6 Å². The van der Waals surface area contributed by atoms with Gasteiger partial charge in [-0.15, -0.1) is 0 Å². The number of hydrogen-bond acceptors (Lipinski definition) is 3. The van der Waals surface area contributed by atoms with Crippen molar-refractivity contribution < 1.29 is 5.11 Å². The lowest BCUT2D eigenvalue weighted by atomic mass is 9.99. The van der Waals surface area contributed by atoms with Gasteiger partial charge in [-0.2, -0.15) is 0 Å². The molecule has 3 atom stereocenters. The minimum atomic E-state index is -0.0957. The fourth-order valence-electron chi connectivity index (χ4n) is 3.46. The molecule has 3 heteroatoms. The van der Waals surface area contributed by atoms with Gasteiger partial charge in [0.2, 0.25) is 0 Å². The van der Waals surface area contributed by atoms with Crippen LogP contribution in [0.2, 0.25) is 0 Å². The van der Waals surface area contributed by atoms with Crippen LogP contribution in [-0.2, 0) is 0 Å². The van der Waals surface area contributed by atoms with Gasteiger partial charge in [-0.3, -0.25) is 4.98 Å². The van der Waals surface area contributed by atoms with Crippen molar-refractivity contribution in [1.82, 2.24) is 4.98 Å². The van der Waals surface area contributed by atoms with Gasteiger partial charge in [-0.1, -0.05) is 13.8 Å². The Morgan fingerprint density at radius 3 is 2.39 bits per heavy atom. The highest BCUT2D eigenvalue weighted by Gasteiger charge is 2.40. The maximum Gasteiger partial charge on any atom is 0.0579 e. The van der Waals surface area contributed by atoms with Crippen LogP contribution in [0.4, 0.5) is 5.69 Å². The summed E-state index contributed by atoms with van der Waals surface area (Å²) in [6.07, 6.45) is 6.19. The molecule has 3 rings (SSSR count). The van der Waals surface area contributed by atoms with Gasteiger partial charge >= 0.3 is 0 Å². The highest BCUT2D eigenvalue weighted by Crippen LogP contribution is 2.39. The number of aromatic nitrogens is 1. The second kappa shape index (κ2) is 4.54. The monoisotopic (exact) mass is 246 g/mol. The molecule has 2 fully saturated rings. The standard InChI is InChI=1S/C15H22N2O/c1-10(2)15-6-5-13(9-16-15)17-11-3-4-12(17)8-14(18)7-11/h5-6,9-12,14,18H,3-4,7-8H2,1-2H3/t11-,12+,14+. The van der Waals surface area contributed by atoms with Crippen LogP contribution in [0.15, 0.2) is 18.3 Å². The van der Waals surface area contributed by atoms with Crippen molar-refractivity contribution in [3.8, 4) is 0 Å². The van der Waals surface area contributed by atoms with Gasteiger partial charge in [0.1, 0.15) is 0 Å². The molecule has 0 spiro atoms. The number of fused-ring (bicyclic) bond motifs is 2. The van der Waals surface area contributed by atoms with Gasteiger partial charge < -0.3 is 10.0 Å². The minimum absolute atomic E-state index is 0.0957. The number of anilines is 1. The van der Waals surface area contributed by atoms with Crippen LogP contribution < -0.4 is 4.90 Å². The summed E-state index contributed by atoms with van der Waals surface area (Å²) in [6, 6.07) is 5.38. The van der Waals surface area contributed by atoms with Crippen molar-refractivity contribution in [1.29, 1.82) is 0 Å². The molecule has 1 aromatic rings. The van der Waals surface area contributed by atoms with E-state index in [-0.39, 0.29) is 6.10 Å². The van der Waals surface area contributed by atoms with Crippen molar-refractivity contribution in [3.05, 3.63) is 24.0 Å². The lowest BCUT2D eigenvalue weighted by molar-refractivity contribution is 0.126. The third-order valence-electron chi connectivity index (χ3n) is 4.37. The van der Waals surface area contributed by atoms with Gasteiger partial charge in [0, 0.05) is 17.8 Å². The predicted octanol–water partition coefficient (Wildman–Crippen LogP) is 2.70. The lowest BCUT2D eigenvalue weighted by Crippen LogP contribution is -2.44. The van der Waals surface area contributed by atoms with E-state index >= 15 is 0 Å². The Bertz CT molecular complexity index is 401. The highest BCUT2D eigenvalue weighted by molar-refractivity contribution is 5.49. The normalized spacial score (nSPS) is 31.1. The summed E-state index contributed by atoms with van der Waals surface area (Å²) in [4.78, 5) is 7.05. The second-order valence-electron chi connectivity index (χ2n) is 6.01. The molecule has 2 saturated heterocycles. The maximum atomic E-state index is 9.83. The predicted molar refractivity (Wildman–Crippen MR) is 72.9 cm³/mol. The van der Waals surface area contributed by atoms with E-state index in [1.165, 1.54) is 18.5 Å². The quantitative estimate of drug-likeness (QED) is 0.871. The average molecular weight is 246 g/mol. The molecule has 0 aromatic carbocycles. The molecule has 3 heterocycles. The first-order valence-corrected chi connectivity index (χ1v) is 7.07. The molecule has 0 radical (unpaired) electrons. The fourth-order valence-corrected chi connectivity index (χ4v) is 3.46. The molecule has 2 aliphatic rings. The second-order valence-corrected chi connectivity index (χ2v) is 6.01. The third-order valence-corrected chi connectivity index (χ3v) is 4.37. The molecule has 0 unspecified atom stereocenters. The van der Waals surface area contributed by atoms with E-state index in [0.717, 1.165) is 18.5 Å². The van der Waals surface area contributed by atoms with Gasteiger partial charge in [0.25, 0.3) is 0 Å². The SMILES string of the molecule is CC(C)c1ccc(N2[C@@H]3CC[C@H]2C[C@@H](O)C3)cn1. The Balaban J connectivity index is 1.83. The number of pyridine rings is 1. The molecule has 2 bridgehead atoms. The number of nitrogens with zero attached hydrogens (tertiary/aromatic N) is 2. The topological polar surface area (TPSA) is 36.4 Å². The van der Waals surface area contributed by atoms with Crippen molar-refractivity contribution in [2.24, 2.45) is 0 Å². The average Bonchev–Trinajstić information content (AvgIpc) is 2.62. The zero-order valence-electron chi connectivity index (χ0n) is 11.2. The van der Waals surface area contributed by atoms with Gasteiger partial charge in [-0.05, 0) is 43.7 Å². The van der Waals surface area contributed by atoms with E-state index in [0.29, 0.717) is 18.0 Å². The van der Waals surface area contributed by atoms with Gasteiger partial charge in [0.15, 0.2) is 0 Å². The molecule has 2 aliphatic heterocycles. The summed E-state index contributed by atoms with van der Waals surface area (Å²) in [5.41, 5.74) is 2.39. The van der Waals surface area contributed by atoms with Crippen LogP contribution in [0.3, 0.4) is 0 Å². The summed E-state index contributed by atoms with van der Waals surface area (Å²) in [5.74, 6) is 0.485. The first-order valence-electron chi connectivity index (χ1n) is 7.07.